The molecule has 26 heavy (non-hydrogen) atoms. The summed E-state index contributed by atoms with van der Waals surface area (Å²) in [6, 6.07) is 11.7. The van der Waals surface area contributed by atoms with Crippen molar-refractivity contribution in [3.05, 3.63) is 64.0 Å². The van der Waals surface area contributed by atoms with Gasteiger partial charge in [0.1, 0.15) is 5.75 Å². The van der Waals surface area contributed by atoms with Gasteiger partial charge in [0, 0.05) is 12.6 Å². The molecule has 1 unspecified atom stereocenters. The maximum Gasteiger partial charge on any atom is 0.272 e. The summed E-state index contributed by atoms with van der Waals surface area (Å²) >= 11 is 0. The maximum absolute atomic E-state index is 14.1. The molecular weight excluding hydrogens is 337 g/mol. The Labute approximate surface area is 151 Å². The van der Waals surface area contributed by atoms with Gasteiger partial charge >= 0.3 is 0 Å². The molecule has 0 radical (unpaired) electrons. The van der Waals surface area contributed by atoms with Crippen LogP contribution in [-0.2, 0) is 0 Å². The van der Waals surface area contributed by atoms with Gasteiger partial charge in [-0.1, -0.05) is 12.1 Å². The van der Waals surface area contributed by atoms with Gasteiger partial charge in [-0.05, 0) is 49.7 Å². The molecular formula is C19H22FN3O3. The van der Waals surface area contributed by atoms with E-state index in [2.05, 4.69) is 10.2 Å². The SMILES string of the molecule is COc1ccc(C(CNc2ccc([N+](=O)[O-])cc2F)N2CCCC2)cc1. The van der Waals surface area contributed by atoms with Crippen molar-refractivity contribution in [3.8, 4) is 5.75 Å². The molecule has 0 amide bonds. The molecule has 1 N–H and O–H groups in total. The summed E-state index contributed by atoms with van der Waals surface area (Å²) in [5.41, 5.74) is 1.15. The van der Waals surface area contributed by atoms with Crippen molar-refractivity contribution < 1.29 is 14.1 Å². The van der Waals surface area contributed by atoms with Crippen LogP contribution < -0.4 is 10.1 Å². The Morgan fingerprint density at radius 3 is 2.50 bits per heavy atom. The largest absolute Gasteiger partial charge is 0.497 e. The van der Waals surface area contributed by atoms with E-state index < -0.39 is 10.7 Å². The average molecular weight is 359 g/mol. The Balaban J connectivity index is 1.76. The molecule has 0 saturated carbocycles. The van der Waals surface area contributed by atoms with Gasteiger partial charge in [0.2, 0.25) is 0 Å². The van der Waals surface area contributed by atoms with Crippen LogP contribution in [0.15, 0.2) is 42.5 Å². The number of rotatable bonds is 7. The van der Waals surface area contributed by atoms with Gasteiger partial charge in [-0.15, -0.1) is 0 Å². The van der Waals surface area contributed by atoms with Crippen LogP contribution in [0, 0.1) is 15.9 Å². The monoisotopic (exact) mass is 359 g/mol. The van der Waals surface area contributed by atoms with Crippen LogP contribution >= 0.6 is 0 Å². The van der Waals surface area contributed by atoms with E-state index in [0.29, 0.717) is 6.54 Å². The molecule has 0 aliphatic carbocycles. The molecule has 1 heterocycles. The van der Waals surface area contributed by atoms with Crippen molar-refractivity contribution in [1.29, 1.82) is 0 Å². The lowest BCUT2D eigenvalue weighted by atomic mass is 10.0. The van der Waals surface area contributed by atoms with Gasteiger partial charge in [-0.3, -0.25) is 15.0 Å². The zero-order valence-corrected chi connectivity index (χ0v) is 14.7. The smallest absolute Gasteiger partial charge is 0.272 e. The molecule has 2 aromatic rings. The van der Waals surface area contributed by atoms with Crippen LogP contribution in [0.1, 0.15) is 24.4 Å². The Morgan fingerprint density at radius 1 is 1.23 bits per heavy atom. The predicted octanol–water partition coefficient (Wildman–Crippen LogP) is 3.99. The van der Waals surface area contributed by atoms with Gasteiger partial charge < -0.3 is 10.1 Å². The van der Waals surface area contributed by atoms with Crippen LogP contribution in [0.4, 0.5) is 15.8 Å². The van der Waals surface area contributed by atoms with E-state index in [0.717, 1.165) is 43.3 Å². The van der Waals surface area contributed by atoms with E-state index >= 15 is 0 Å². The number of halogens is 1. The molecule has 1 atom stereocenters. The third kappa shape index (κ3) is 4.11. The topological polar surface area (TPSA) is 67.6 Å². The highest BCUT2D eigenvalue weighted by Gasteiger charge is 2.24. The Kier molecular flexibility index (Phi) is 5.68. The number of anilines is 1. The lowest BCUT2D eigenvalue weighted by Gasteiger charge is -2.28. The van der Waals surface area contributed by atoms with Gasteiger partial charge in [-0.25, -0.2) is 4.39 Å². The maximum atomic E-state index is 14.1. The number of nitrogens with zero attached hydrogens (tertiary/aromatic N) is 2. The molecule has 0 bridgehead atoms. The van der Waals surface area contributed by atoms with Gasteiger partial charge in [0.15, 0.2) is 5.82 Å². The number of nitro groups is 1. The van der Waals surface area contributed by atoms with E-state index in [9.17, 15) is 14.5 Å². The summed E-state index contributed by atoms with van der Waals surface area (Å²) in [5, 5.41) is 13.9. The number of hydrogen-bond acceptors (Lipinski definition) is 5. The summed E-state index contributed by atoms with van der Waals surface area (Å²) in [5.74, 6) is 0.178. The lowest BCUT2D eigenvalue weighted by molar-refractivity contribution is -0.385. The van der Waals surface area contributed by atoms with Crippen LogP contribution in [0.2, 0.25) is 0 Å². The number of likely N-dealkylation sites (tertiary alicyclic amines) is 1. The van der Waals surface area contributed by atoms with E-state index in [1.54, 1.807) is 7.11 Å². The van der Waals surface area contributed by atoms with Crippen molar-refractivity contribution in [3.63, 3.8) is 0 Å². The number of benzene rings is 2. The lowest BCUT2D eigenvalue weighted by Crippen LogP contribution is -2.31. The van der Waals surface area contributed by atoms with Gasteiger partial charge in [0.05, 0.1) is 29.8 Å². The fourth-order valence-corrected chi connectivity index (χ4v) is 3.30. The van der Waals surface area contributed by atoms with Crippen molar-refractivity contribution in [2.24, 2.45) is 0 Å². The van der Waals surface area contributed by atoms with Crippen LogP contribution in [0.5, 0.6) is 5.75 Å². The van der Waals surface area contributed by atoms with Crippen LogP contribution in [-0.4, -0.2) is 36.6 Å². The normalized spacial score (nSPS) is 15.6. The second-order valence-corrected chi connectivity index (χ2v) is 6.33. The fraction of sp³-hybridized carbons (Fsp3) is 0.368. The summed E-state index contributed by atoms with van der Waals surface area (Å²) < 4.78 is 19.4. The third-order valence-corrected chi connectivity index (χ3v) is 4.73. The Bertz CT molecular complexity index is 761. The van der Waals surface area contributed by atoms with Crippen molar-refractivity contribution in [2.75, 3.05) is 32.1 Å². The molecule has 6 nitrogen and oxygen atoms in total. The quantitative estimate of drug-likeness (QED) is 0.598. The van der Waals surface area contributed by atoms with E-state index in [1.807, 2.05) is 24.3 Å². The number of hydrogen-bond donors (Lipinski definition) is 1. The number of methoxy groups -OCH3 is 1. The van der Waals surface area contributed by atoms with E-state index in [4.69, 9.17) is 4.74 Å². The molecule has 2 aromatic carbocycles. The first-order valence-corrected chi connectivity index (χ1v) is 8.64. The van der Waals surface area contributed by atoms with Crippen molar-refractivity contribution >= 4 is 11.4 Å². The zero-order chi connectivity index (χ0) is 18.5. The molecule has 1 aliphatic rings. The average Bonchev–Trinajstić information content (AvgIpc) is 3.18. The minimum absolute atomic E-state index is 0.0954. The van der Waals surface area contributed by atoms with Gasteiger partial charge in [0.25, 0.3) is 5.69 Å². The summed E-state index contributed by atoms with van der Waals surface area (Å²) in [4.78, 5) is 12.5. The molecule has 1 saturated heterocycles. The Hall–Kier alpha value is -2.67. The minimum Gasteiger partial charge on any atom is -0.497 e. The second kappa shape index (κ2) is 8.14. The van der Waals surface area contributed by atoms with Crippen LogP contribution in [0.25, 0.3) is 0 Å². The first kappa shape index (κ1) is 18.1. The molecule has 7 heteroatoms. The Morgan fingerprint density at radius 2 is 1.92 bits per heavy atom. The second-order valence-electron chi connectivity index (χ2n) is 6.33. The first-order valence-electron chi connectivity index (χ1n) is 8.64. The van der Waals surface area contributed by atoms with Crippen molar-refractivity contribution in [1.82, 2.24) is 4.90 Å². The standard InChI is InChI=1S/C19H22FN3O3/c1-26-16-7-4-14(5-8-16)19(22-10-2-3-11-22)13-21-18-9-6-15(23(24)25)12-17(18)20/h4-9,12,19,21H,2-3,10-11,13H2,1H3. The minimum atomic E-state index is -0.617. The number of non-ortho nitro benzene ring substituents is 1. The summed E-state index contributed by atoms with van der Waals surface area (Å²) in [6.07, 6.45) is 2.30. The van der Waals surface area contributed by atoms with E-state index in [-0.39, 0.29) is 17.4 Å². The molecule has 1 fully saturated rings. The molecule has 138 valence electrons. The summed E-state index contributed by atoms with van der Waals surface area (Å²) in [6.45, 7) is 2.52. The third-order valence-electron chi connectivity index (χ3n) is 4.73. The molecule has 3 rings (SSSR count). The van der Waals surface area contributed by atoms with E-state index in [1.165, 1.54) is 12.1 Å². The fourth-order valence-electron chi connectivity index (χ4n) is 3.30. The number of nitro benzene ring substituents is 1. The highest BCUT2D eigenvalue weighted by Crippen LogP contribution is 2.28. The first-order chi connectivity index (χ1) is 12.6. The van der Waals surface area contributed by atoms with Crippen molar-refractivity contribution in [2.45, 2.75) is 18.9 Å². The van der Waals surface area contributed by atoms with Gasteiger partial charge in [-0.2, -0.15) is 0 Å². The number of ether oxygens (including phenoxy) is 1. The predicted molar refractivity (Wildman–Crippen MR) is 98.1 cm³/mol. The highest BCUT2D eigenvalue weighted by atomic mass is 19.1. The number of nitrogens with one attached hydrogen (secondary N) is 1. The molecule has 0 aromatic heterocycles. The highest BCUT2D eigenvalue weighted by molar-refractivity contribution is 5.50. The molecule has 0 spiro atoms. The zero-order valence-electron chi connectivity index (χ0n) is 14.7. The molecule has 1 aliphatic heterocycles. The van der Waals surface area contributed by atoms with Crippen LogP contribution in [0.3, 0.4) is 0 Å². The summed E-state index contributed by atoms with van der Waals surface area (Å²) in [7, 11) is 1.63.